The van der Waals surface area contributed by atoms with Crippen molar-refractivity contribution in [3.05, 3.63) is 101 Å². The Hall–Kier alpha value is -4.22. The van der Waals surface area contributed by atoms with Crippen LogP contribution in [-0.4, -0.2) is 39.2 Å². The summed E-state index contributed by atoms with van der Waals surface area (Å²) in [5.74, 6) is 1.18. The Morgan fingerprint density at radius 3 is 2.74 bits per heavy atom. The summed E-state index contributed by atoms with van der Waals surface area (Å²) < 4.78 is 0. The molecule has 10 heteroatoms. The fraction of sp³-hybridized carbons (Fsp3) is 0.250. The topological polar surface area (TPSA) is 124 Å². The van der Waals surface area contributed by atoms with Gasteiger partial charge in [0.05, 0.1) is 40.3 Å². The van der Waals surface area contributed by atoms with Crippen LogP contribution in [-0.2, 0) is 11.2 Å². The molecule has 0 spiro atoms. The van der Waals surface area contributed by atoms with Gasteiger partial charge < -0.3 is 15.6 Å². The predicted octanol–water partition coefficient (Wildman–Crippen LogP) is 4.94. The smallest absolute Gasteiger partial charge is 0.228 e. The first-order chi connectivity index (χ1) is 20.5. The van der Waals surface area contributed by atoms with E-state index in [4.69, 9.17) is 4.98 Å². The number of carbonyl (C=O) groups is 2. The maximum absolute atomic E-state index is 12.6. The third-order valence-electron chi connectivity index (χ3n) is 8.16. The molecule has 4 atom stereocenters. The molecule has 5 N–H and O–H groups in total. The average molecular weight is 578 g/mol. The Morgan fingerprint density at radius 2 is 1.90 bits per heavy atom. The van der Waals surface area contributed by atoms with Crippen molar-refractivity contribution in [2.24, 2.45) is 5.92 Å². The first-order valence-corrected chi connectivity index (χ1v) is 15.0. The number of Topliss-reactive ketones (excluding diaryl/α,β-unsaturated/α-hetero) is 1. The maximum Gasteiger partial charge on any atom is 0.228 e. The van der Waals surface area contributed by atoms with E-state index in [1.807, 2.05) is 66.9 Å². The predicted molar refractivity (Wildman–Crippen MR) is 164 cm³/mol. The summed E-state index contributed by atoms with van der Waals surface area (Å²) in [5.41, 5.74) is 12.6. The molecule has 2 aliphatic rings. The number of piperidine rings is 1. The number of benzene rings is 2. The number of hydrogen-bond acceptors (Lipinski definition) is 8. The van der Waals surface area contributed by atoms with Gasteiger partial charge in [-0.2, -0.15) is 0 Å². The Labute approximate surface area is 247 Å². The number of hydrazine groups is 1. The summed E-state index contributed by atoms with van der Waals surface area (Å²) in [5, 5.41) is 6.66. The van der Waals surface area contributed by atoms with E-state index in [1.165, 1.54) is 11.3 Å². The maximum atomic E-state index is 12.6. The minimum atomic E-state index is -0.0644. The fourth-order valence-corrected chi connectivity index (χ4v) is 7.00. The number of ketones is 1. The van der Waals surface area contributed by atoms with E-state index in [9.17, 15) is 9.59 Å². The molecule has 42 heavy (non-hydrogen) atoms. The molecule has 2 saturated heterocycles. The molecule has 1 amide bonds. The number of carbonyl (C=O) groups excluding carboxylic acids is 2. The van der Waals surface area contributed by atoms with Gasteiger partial charge in [-0.1, -0.05) is 42.5 Å². The third-order valence-corrected chi connectivity index (χ3v) is 9.38. The van der Waals surface area contributed by atoms with E-state index in [2.05, 4.69) is 37.5 Å². The first-order valence-electron chi connectivity index (χ1n) is 14.1. The largest absolute Gasteiger partial charge is 0.341 e. The highest BCUT2D eigenvalue weighted by atomic mass is 32.1. The second-order valence-corrected chi connectivity index (χ2v) is 12.1. The van der Waals surface area contributed by atoms with E-state index in [0.29, 0.717) is 12.1 Å². The Kier molecular flexibility index (Phi) is 7.12. The molecule has 9 nitrogen and oxygen atoms in total. The first kappa shape index (κ1) is 26.7. The molecule has 5 aromatic rings. The van der Waals surface area contributed by atoms with Crippen LogP contribution >= 0.6 is 11.3 Å². The lowest BCUT2D eigenvalue weighted by Crippen LogP contribution is -2.46. The minimum Gasteiger partial charge on any atom is -0.341 e. The van der Waals surface area contributed by atoms with Gasteiger partial charge in [0.15, 0.2) is 5.78 Å². The molecule has 4 unspecified atom stereocenters. The van der Waals surface area contributed by atoms with Crippen LogP contribution in [0.15, 0.2) is 79.1 Å². The van der Waals surface area contributed by atoms with Crippen LogP contribution in [0.2, 0.25) is 0 Å². The van der Waals surface area contributed by atoms with Crippen molar-refractivity contribution < 1.29 is 9.59 Å². The average Bonchev–Trinajstić information content (AvgIpc) is 3.75. The van der Waals surface area contributed by atoms with Crippen molar-refractivity contribution in [3.8, 4) is 10.4 Å². The highest BCUT2D eigenvalue weighted by Gasteiger charge is 2.42. The summed E-state index contributed by atoms with van der Waals surface area (Å²) in [6, 6.07) is 22.1. The fourth-order valence-electron chi connectivity index (χ4n) is 6.07. The molecule has 0 radical (unpaired) electrons. The highest BCUT2D eigenvalue weighted by Crippen LogP contribution is 2.39. The molecule has 2 aromatic carbocycles. The molecular weight excluding hydrogens is 546 g/mol. The number of hydrogen-bond donors (Lipinski definition) is 5. The van der Waals surface area contributed by atoms with Crippen LogP contribution in [0, 0.1) is 5.92 Å². The van der Waals surface area contributed by atoms with Crippen molar-refractivity contribution >= 4 is 39.7 Å². The zero-order chi connectivity index (χ0) is 28.6. The summed E-state index contributed by atoms with van der Waals surface area (Å²) in [6.07, 6.45) is 4.76. The van der Waals surface area contributed by atoms with Gasteiger partial charge in [0, 0.05) is 41.2 Å². The van der Waals surface area contributed by atoms with Crippen molar-refractivity contribution in [2.75, 3.05) is 11.9 Å². The zero-order valence-electron chi connectivity index (χ0n) is 23.1. The van der Waals surface area contributed by atoms with Crippen LogP contribution in [0.3, 0.4) is 0 Å². The molecule has 0 bridgehead atoms. The SMILES string of the molecule is CC(=O)c1ccc(-c2cccc3[nH]c(C4NNC5CNC(c6cncc(NC(=O)Cc7ccccc7)c6)CC54)nc23)s1. The van der Waals surface area contributed by atoms with Gasteiger partial charge in [0.2, 0.25) is 5.91 Å². The molecule has 0 aliphatic carbocycles. The quantitative estimate of drug-likeness (QED) is 0.174. The number of H-pyrrole nitrogens is 1. The van der Waals surface area contributed by atoms with Gasteiger partial charge in [-0.05, 0) is 48.7 Å². The number of para-hydroxylation sites is 1. The molecule has 5 heterocycles. The van der Waals surface area contributed by atoms with Crippen LogP contribution in [0.1, 0.15) is 52.1 Å². The molecule has 0 saturated carbocycles. The monoisotopic (exact) mass is 577 g/mol. The third kappa shape index (κ3) is 5.25. The lowest BCUT2D eigenvalue weighted by Gasteiger charge is -2.34. The molecular formula is C32H31N7O2S. The second-order valence-electron chi connectivity index (χ2n) is 11.0. The van der Waals surface area contributed by atoms with Gasteiger partial charge in [-0.3, -0.25) is 20.0 Å². The standard InChI is InChI=1S/C32H31N7O2S/c1-18(40)27-10-11-28(42-27)22-8-5-9-24-30(22)37-32(36-24)31-23-14-25(34-17-26(23)38-39-31)20-13-21(16-33-15-20)35-29(41)12-19-6-3-2-4-7-19/h2-11,13,15-16,23,25-26,31,34,38-39H,12,14,17H2,1H3,(H,35,41)(H,36,37). The van der Waals surface area contributed by atoms with Gasteiger partial charge in [-0.15, -0.1) is 11.3 Å². The number of nitrogens with one attached hydrogen (secondary N) is 5. The molecule has 2 aliphatic heterocycles. The van der Waals surface area contributed by atoms with Gasteiger partial charge in [-0.25, -0.2) is 10.4 Å². The number of anilines is 1. The number of rotatable bonds is 7. The van der Waals surface area contributed by atoms with Crippen LogP contribution in [0.5, 0.6) is 0 Å². The molecule has 2 fully saturated rings. The van der Waals surface area contributed by atoms with Crippen LogP contribution in [0.4, 0.5) is 5.69 Å². The van der Waals surface area contributed by atoms with E-state index >= 15 is 0 Å². The van der Waals surface area contributed by atoms with E-state index in [1.54, 1.807) is 13.1 Å². The number of pyridine rings is 1. The second kappa shape index (κ2) is 11.2. The van der Waals surface area contributed by atoms with Crippen LogP contribution in [0.25, 0.3) is 21.5 Å². The zero-order valence-corrected chi connectivity index (χ0v) is 23.9. The van der Waals surface area contributed by atoms with E-state index < -0.39 is 0 Å². The molecule has 212 valence electrons. The summed E-state index contributed by atoms with van der Waals surface area (Å²) >= 11 is 1.50. The summed E-state index contributed by atoms with van der Waals surface area (Å²) in [4.78, 5) is 39.4. The Balaban J connectivity index is 1.09. The number of amides is 1. The number of thiophene rings is 1. The summed E-state index contributed by atoms with van der Waals surface area (Å²) in [6.45, 7) is 2.39. The number of imidazole rings is 1. The molecule has 7 rings (SSSR count). The minimum absolute atomic E-state index is 0.00215. The number of nitrogens with zero attached hydrogens (tertiary/aromatic N) is 2. The van der Waals surface area contributed by atoms with Crippen molar-refractivity contribution in [1.29, 1.82) is 0 Å². The Bertz CT molecular complexity index is 1770. The van der Waals surface area contributed by atoms with Gasteiger partial charge >= 0.3 is 0 Å². The summed E-state index contributed by atoms with van der Waals surface area (Å²) in [7, 11) is 0. The van der Waals surface area contributed by atoms with Crippen molar-refractivity contribution in [2.45, 2.75) is 37.9 Å². The molecule has 3 aromatic heterocycles. The van der Waals surface area contributed by atoms with Crippen LogP contribution < -0.4 is 21.5 Å². The number of fused-ring (bicyclic) bond motifs is 2. The van der Waals surface area contributed by atoms with E-state index in [-0.39, 0.29) is 35.7 Å². The van der Waals surface area contributed by atoms with Crippen molar-refractivity contribution in [1.82, 2.24) is 31.1 Å². The van der Waals surface area contributed by atoms with E-state index in [0.717, 1.165) is 56.3 Å². The van der Waals surface area contributed by atoms with Gasteiger partial charge in [0.25, 0.3) is 0 Å². The Morgan fingerprint density at radius 1 is 1.02 bits per heavy atom. The number of aromatic amines is 1. The number of aromatic nitrogens is 3. The lowest BCUT2D eigenvalue weighted by atomic mass is 9.82. The lowest BCUT2D eigenvalue weighted by molar-refractivity contribution is -0.115. The van der Waals surface area contributed by atoms with Crippen molar-refractivity contribution in [3.63, 3.8) is 0 Å². The highest BCUT2D eigenvalue weighted by molar-refractivity contribution is 7.17. The van der Waals surface area contributed by atoms with Gasteiger partial charge in [0.1, 0.15) is 5.82 Å². The normalized spacial score (nSPS) is 21.7.